The van der Waals surface area contributed by atoms with Gasteiger partial charge in [0.15, 0.2) is 11.7 Å². The third-order valence-corrected chi connectivity index (χ3v) is 2.59. The molecule has 0 bridgehead atoms. The van der Waals surface area contributed by atoms with Crippen LogP contribution in [0.25, 0.3) is 0 Å². The fraction of sp³-hybridized carbons (Fsp3) is 0.222. The van der Waals surface area contributed by atoms with Crippen LogP contribution >= 0.6 is 15.9 Å². The van der Waals surface area contributed by atoms with Gasteiger partial charge in [0.1, 0.15) is 0 Å². The Balaban J connectivity index is 3.27. The van der Waals surface area contributed by atoms with Crippen molar-refractivity contribution < 1.29 is 31.5 Å². The maximum atomic E-state index is 13.6. The molecule has 94 valence electrons. The number of alkyl halides is 2. The van der Waals surface area contributed by atoms with E-state index < -0.39 is 40.0 Å². The van der Waals surface area contributed by atoms with E-state index >= 15 is 0 Å². The van der Waals surface area contributed by atoms with E-state index in [9.17, 15) is 26.7 Å². The van der Waals surface area contributed by atoms with Gasteiger partial charge in [0.2, 0.25) is 12.0 Å². The molecule has 1 aliphatic carbocycles. The van der Waals surface area contributed by atoms with Crippen LogP contribution in [0.4, 0.5) is 22.0 Å². The molecular weight excluding hydrogens is 315 g/mol. The molecule has 0 heterocycles. The first-order valence-electron chi connectivity index (χ1n) is 4.05. The second-order valence-electron chi connectivity index (χ2n) is 2.92. The van der Waals surface area contributed by atoms with Gasteiger partial charge >= 0.3 is 11.8 Å². The molecule has 0 radical (unpaired) electrons. The third-order valence-electron chi connectivity index (χ3n) is 1.86. The molecule has 1 rings (SSSR count). The highest BCUT2D eigenvalue weighted by Crippen LogP contribution is 2.46. The van der Waals surface area contributed by atoms with Crippen molar-refractivity contribution in [3.63, 3.8) is 0 Å². The smallest absolute Gasteiger partial charge is 0.343 e. The van der Waals surface area contributed by atoms with Gasteiger partial charge < -0.3 is 4.74 Å². The number of hydrogen-bond donors (Lipinski definition) is 0. The highest BCUT2D eigenvalue weighted by molar-refractivity contribution is 9.12. The first-order valence-corrected chi connectivity index (χ1v) is 4.84. The molecule has 17 heavy (non-hydrogen) atoms. The molecule has 0 saturated carbocycles. The monoisotopic (exact) mass is 318 g/mol. The molecule has 0 saturated heterocycles. The molecule has 0 fully saturated rings. The van der Waals surface area contributed by atoms with E-state index in [0.29, 0.717) is 6.08 Å². The zero-order valence-corrected chi connectivity index (χ0v) is 9.53. The Kier molecular flexibility index (Phi) is 3.75. The maximum Gasteiger partial charge on any atom is 0.343 e. The number of esters is 1. The number of rotatable bonds is 2. The fourth-order valence-corrected chi connectivity index (χ4v) is 1.40. The van der Waals surface area contributed by atoms with Crippen molar-refractivity contribution in [3.05, 3.63) is 34.6 Å². The van der Waals surface area contributed by atoms with Crippen LogP contribution in [0.2, 0.25) is 0 Å². The first-order chi connectivity index (χ1) is 7.75. The molecule has 0 N–H and O–H groups in total. The van der Waals surface area contributed by atoms with Crippen LogP contribution in [0.5, 0.6) is 0 Å². The molecule has 0 aliphatic heterocycles. The summed E-state index contributed by atoms with van der Waals surface area (Å²) in [4.78, 5) is 10.7. The lowest BCUT2D eigenvalue weighted by Gasteiger charge is -2.29. The molecule has 2 atom stereocenters. The van der Waals surface area contributed by atoms with Gasteiger partial charge in [-0.3, -0.25) is 0 Å². The molecule has 2 unspecified atom stereocenters. The summed E-state index contributed by atoms with van der Waals surface area (Å²) in [5.74, 6) is -12.1. The minimum Gasteiger partial charge on any atom is -0.415 e. The number of carbonyl (C=O) groups is 1. The van der Waals surface area contributed by atoms with Crippen molar-refractivity contribution in [2.24, 2.45) is 0 Å². The summed E-state index contributed by atoms with van der Waals surface area (Å²) in [5.41, 5.74) is 0. The predicted octanol–water partition coefficient (Wildman–Crippen LogP) is 3.46. The summed E-state index contributed by atoms with van der Waals surface area (Å²) in [7, 11) is 0. The lowest BCUT2D eigenvalue weighted by molar-refractivity contribution is -0.186. The second-order valence-corrected chi connectivity index (χ2v) is 3.72. The van der Waals surface area contributed by atoms with E-state index in [4.69, 9.17) is 0 Å². The zero-order chi connectivity index (χ0) is 13.4. The van der Waals surface area contributed by atoms with E-state index in [-0.39, 0.29) is 0 Å². The Morgan fingerprint density at radius 3 is 2.47 bits per heavy atom. The Labute approximate surface area is 101 Å². The van der Waals surface area contributed by atoms with Gasteiger partial charge in [-0.2, -0.15) is 4.39 Å². The number of carbonyl (C=O) groups excluding carboxylic acids is 1. The molecule has 8 heteroatoms. The fourth-order valence-electron chi connectivity index (χ4n) is 1.02. The van der Waals surface area contributed by atoms with Crippen LogP contribution in [0, 0.1) is 0 Å². The molecule has 0 spiro atoms. The average Bonchev–Trinajstić information content (AvgIpc) is 2.32. The van der Waals surface area contributed by atoms with Crippen LogP contribution in [0.3, 0.4) is 0 Å². The van der Waals surface area contributed by atoms with Crippen LogP contribution in [0.15, 0.2) is 34.6 Å². The van der Waals surface area contributed by atoms with Crippen molar-refractivity contribution in [1.29, 1.82) is 0 Å². The SMILES string of the molecule is C=CC(=O)OC1(F)C(F)=C(F)C(Br)=C(F)C1F. The zero-order valence-electron chi connectivity index (χ0n) is 7.95. The van der Waals surface area contributed by atoms with Gasteiger partial charge in [-0.1, -0.05) is 6.58 Å². The summed E-state index contributed by atoms with van der Waals surface area (Å²) in [6.45, 7) is 2.85. The van der Waals surface area contributed by atoms with Crippen LogP contribution < -0.4 is 0 Å². The molecule has 1 aliphatic rings. The average molecular weight is 319 g/mol. The molecule has 0 aromatic heterocycles. The van der Waals surface area contributed by atoms with Crippen LogP contribution in [0.1, 0.15) is 0 Å². The first kappa shape index (κ1) is 13.9. The van der Waals surface area contributed by atoms with E-state index in [1.165, 1.54) is 0 Å². The number of ether oxygens (including phenoxy) is 1. The van der Waals surface area contributed by atoms with E-state index in [0.717, 1.165) is 0 Å². The quantitative estimate of drug-likeness (QED) is 0.443. The van der Waals surface area contributed by atoms with E-state index in [2.05, 4.69) is 27.2 Å². The summed E-state index contributed by atoms with van der Waals surface area (Å²) in [5, 5.41) is 0. The molecule has 0 aromatic rings. The number of halogens is 6. The van der Waals surface area contributed by atoms with Gasteiger partial charge in [0.05, 0.1) is 4.48 Å². The van der Waals surface area contributed by atoms with Gasteiger partial charge in [0.25, 0.3) is 0 Å². The lowest BCUT2D eigenvalue weighted by Crippen LogP contribution is -2.43. The van der Waals surface area contributed by atoms with Crippen LogP contribution in [-0.2, 0) is 9.53 Å². The van der Waals surface area contributed by atoms with E-state index in [1.807, 2.05) is 0 Å². The molecule has 2 nitrogen and oxygen atoms in total. The predicted molar refractivity (Wildman–Crippen MR) is 51.3 cm³/mol. The van der Waals surface area contributed by atoms with Crippen molar-refractivity contribution in [1.82, 2.24) is 0 Å². The lowest BCUT2D eigenvalue weighted by atomic mass is 10.0. The topological polar surface area (TPSA) is 26.3 Å². The summed E-state index contributed by atoms with van der Waals surface area (Å²) in [6.07, 6.45) is -2.91. The number of allylic oxidation sites excluding steroid dienone is 2. The van der Waals surface area contributed by atoms with Crippen molar-refractivity contribution in [2.45, 2.75) is 12.0 Å². The standard InChI is InChI=1S/C9H4BrF5O2/c1-2-3(16)17-9(15)7(13)5(11)4(10)6(12)8(9)14/h2,7H,1H2. The molecular formula is C9H4BrF5O2. The summed E-state index contributed by atoms with van der Waals surface area (Å²) < 4.78 is 68.4. The largest absolute Gasteiger partial charge is 0.415 e. The maximum absolute atomic E-state index is 13.6. The number of hydrogen-bond acceptors (Lipinski definition) is 2. The highest BCUT2D eigenvalue weighted by Gasteiger charge is 2.56. The van der Waals surface area contributed by atoms with E-state index in [1.54, 1.807) is 0 Å². The van der Waals surface area contributed by atoms with Crippen molar-refractivity contribution in [2.75, 3.05) is 0 Å². The third kappa shape index (κ3) is 2.13. The normalized spacial score (nSPS) is 29.4. The molecule has 0 aromatic carbocycles. The Bertz CT molecular complexity index is 445. The minimum absolute atomic E-state index is 0.393. The Morgan fingerprint density at radius 2 is 2.00 bits per heavy atom. The van der Waals surface area contributed by atoms with Gasteiger partial charge in [-0.25, -0.2) is 22.4 Å². The van der Waals surface area contributed by atoms with Crippen molar-refractivity contribution >= 4 is 21.9 Å². The Morgan fingerprint density at radius 1 is 1.47 bits per heavy atom. The highest BCUT2D eigenvalue weighted by atomic mass is 79.9. The Hall–Kier alpha value is -1.18. The minimum atomic E-state index is -4.17. The van der Waals surface area contributed by atoms with Gasteiger partial charge in [-0.15, -0.1) is 0 Å². The molecule has 0 amide bonds. The summed E-state index contributed by atoms with van der Waals surface area (Å²) in [6, 6.07) is 0. The second kappa shape index (κ2) is 4.59. The summed E-state index contributed by atoms with van der Waals surface area (Å²) >= 11 is 2.20. The van der Waals surface area contributed by atoms with Crippen LogP contribution in [-0.4, -0.2) is 18.0 Å². The van der Waals surface area contributed by atoms with Crippen molar-refractivity contribution in [3.8, 4) is 0 Å². The van der Waals surface area contributed by atoms with Gasteiger partial charge in [0, 0.05) is 6.08 Å². The van der Waals surface area contributed by atoms with Gasteiger partial charge in [-0.05, 0) is 15.9 Å².